The maximum Gasteiger partial charge on any atom is 0.254 e. The Bertz CT molecular complexity index is 892. The minimum absolute atomic E-state index is 0.0599. The van der Waals surface area contributed by atoms with Gasteiger partial charge in [0.2, 0.25) is 5.91 Å². The zero-order valence-electron chi connectivity index (χ0n) is 13.3. The quantitative estimate of drug-likeness (QED) is 0.720. The van der Waals surface area contributed by atoms with Crippen LogP contribution >= 0.6 is 11.3 Å². The molecule has 25 heavy (non-hydrogen) atoms. The Hall–Kier alpha value is -3.00. The molecule has 0 spiro atoms. The molecule has 0 atom stereocenters. The van der Waals surface area contributed by atoms with E-state index in [9.17, 15) is 9.59 Å². The third kappa shape index (κ3) is 3.03. The summed E-state index contributed by atoms with van der Waals surface area (Å²) in [6, 6.07) is 9.07. The predicted molar refractivity (Wildman–Crippen MR) is 93.9 cm³/mol. The Balaban J connectivity index is 1.51. The zero-order valence-corrected chi connectivity index (χ0v) is 14.1. The van der Waals surface area contributed by atoms with E-state index >= 15 is 0 Å². The second kappa shape index (κ2) is 6.48. The van der Waals surface area contributed by atoms with Gasteiger partial charge in [-0.3, -0.25) is 14.5 Å². The van der Waals surface area contributed by atoms with Crippen LogP contribution in [-0.2, 0) is 4.79 Å². The van der Waals surface area contributed by atoms with Crippen molar-refractivity contribution < 1.29 is 9.59 Å². The first-order chi connectivity index (χ1) is 12.2. The fourth-order valence-electron chi connectivity index (χ4n) is 2.78. The highest BCUT2D eigenvalue weighted by molar-refractivity contribution is 7.13. The molecule has 2 amide bonds. The summed E-state index contributed by atoms with van der Waals surface area (Å²) < 4.78 is 1.70. The number of anilines is 1. The Morgan fingerprint density at radius 3 is 2.80 bits per heavy atom. The van der Waals surface area contributed by atoms with Gasteiger partial charge in [-0.2, -0.15) is 5.10 Å². The third-order valence-corrected chi connectivity index (χ3v) is 4.81. The summed E-state index contributed by atoms with van der Waals surface area (Å²) in [5.41, 5.74) is 1.35. The number of carbonyl (C=O) groups excluding carboxylic acids is 2. The van der Waals surface area contributed by atoms with Gasteiger partial charge >= 0.3 is 0 Å². The van der Waals surface area contributed by atoms with Crippen molar-refractivity contribution in [1.29, 1.82) is 0 Å². The van der Waals surface area contributed by atoms with E-state index in [1.807, 2.05) is 29.8 Å². The number of thiazole rings is 1. The predicted octanol–water partition coefficient (Wildman–Crippen LogP) is 1.82. The van der Waals surface area contributed by atoms with Crippen molar-refractivity contribution in [1.82, 2.24) is 19.7 Å². The standard InChI is InChI=1S/C17H15N5O2S/c23-15-12-20(8-9-21(15)17-18-6-10-25-17)16(24)13-3-1-4-14(11-13)22-7-2-5-19-22/h1-7,10-11H,8-9,12H2. The first kappa shape index (κ1) is 15.5. The molecule has 1 saturated heterocycles. The van der Waals surface area contributed by atoms with E-state index in [1.165, 1.54) is 11.3 Å². The minimum Gasteiger partial charge on any atom is -0.328 e. The number of nitrogens with zero attached hydrogens (tertiary/aromatic N) is 5. The number of hydrogen-bond donors (Lipinski definition) is 0. The first-order valence-corrected chi connectivity index (χ1v) is 8.69. The second-order valence-corrected chi connectivity index (χ2v) is 6.46. The normalized spacial score (nSPS) is 14.8. The van der Waals surface area contributed by atoms with Gasteiger partial charge in [0.25, 0.3) is 5.91 Å². The van der Waals surface area contributed by atoms with E-state index in [2.05, 4.69) is 10.1 Å². The van der Waals surface area contributed by atoms with E-state index in [-0.39, 0.29) is 18.4 Å². The fraction of sp³-hybridized carbons (Fsp3) is 0.176. The first-order valence-electron chi connectivity index (χ1n) is 7.81. The van der Waals surface area contributed by atoms with Gasteiger partial charge < -0.3 is 4.90 Å². The molecule has 0 saturated carbocycles. The van der Waals surface area contributed by atoms with Gasteiger partial charge in [-0.05, 0) is 24.3 Å². The lowest BCUT2D eigenvalue weighted by Crippen LogP contribution is -2.52. The number of carbonyl (C=O) groups is 2. The number of rotatable bonds is 3. The Labute approximate surface area is 148 Å². The van der Waals surface area contributed by atoms with Crippen LogP contribution in [0.3, 0.4) is 0 Å². The molecule has 3 aromatic rings. The van der Waals surface area contributed by atoms with E-state index < -0.39 is 0 Å². The van der Waals surface area contributed by atoms with Crippen LogP contribution in [0.2, 0.25) is 0 Å². The monoisotopic (exact) mass is 353 g/mol. The molecule has 7 nitrogen and oxygen atoms in total. The van der Waals surface area contributed by atoms with Crippen LogP contribution in [0.15, 0.2) is 54.3 Å². The summed E-state index contributed by atoms with van der Waals surface area (Å²) >= 11 is 1.42. The molecule has 1 fully saturated rings. The lowest BCUT2D eigenvalue weighted by molar-refractivity contribution is -0.120. The van der Waals surface area contributed by atoms with Crippen LogP contribution < -0.4 is 4.90 Å². The molecular weight excluding hydrogens is 338 g/mol. The molecular formula is C17H15N5O2S. The summed E-state index contributed by atoms with van der Waals surface area (Å²) in [4.78, 5) is 32.5. The van der Waals surface area contributed by atoms with E-state index in [1.54, 1.807) is 39.0 Å². The van der Waals surface area contributed by atoms with Crippen molar-refractivity contribution in [2.24, 2.45) is 0 Å². The van der Waals surface area contributed by atoms with Gasteiger partial charge in [-0.25, -0.2) is 9.67 Å². The minimum atomic E-state index is -0.152. The highest BCUT2D eigenvalue weighted by Crippen LogP contribution is 2.21. The number of aromatic nitrogens is 3. The summed E-state index contributed by atoms with van der Waals surface area (Å²) in [6.07, 6.45) is 5.18. The molecule has 126 valence electrons. The number of piperazine rings is 1. The average Bonchev–Trinajstić information content (AvgIpc) is 3.35. The Morgan fingerprint density at radius 2 is 2.08 bits per heavy atom. The second-order valence-electron chi connectivity index (χ2n) is 5.59. The van der Waals surface area contributed by atoms with Crippen LogP contribution in [0.25, 0.3) is 5.69 Å². The van der Waals surface area contributed by atoms with Crippen molar-refractivity contribution in [2.45, 2.75) is 0 Å². The van der Waals surface area contributed by atoms with Crippen molar-refractivity contribution in [3.8, 4) is 5.69 Å². The van der Waals surface area contributed by atoms with E-state index in [4.69, 9.17) is 0 Å². The van der Waals surface area contributed by atoms with Gasteiger partial charge in [-0.15, -0.1) is 11.3 Å². The molecule has 0 N–H and O–H groups in total. The van der Waals surface area contributed by atoms with E-state index in [0.29, 0.717) is 23.8 Å². The average molecular weight is 353 g/mol. The van der Waals surface area contributed by atoms with Crippen LogP contribution in [0, 0.1) is 0 Å². The maximum absolute atomic E-state index is 12.8. The topological polar surface area (TPSA) is 71.3 Å². The summed E-state index contributed by atoms with van der Waals surface area (Å²) in [5.74, 6) is -0.265. The molecule has 3 heterocycles. The van der Waals surface area contributed by atoms with E-state index in [0.717, 1.165) is 5.69 Å². The Kier molecular flexibility index (Phi) is 4.02. The van der Waals surface area contributed by atoms with Gasteiger partial charge in [0.1, 0.15) is 6.54 Å². The number of benzene rings is 1. The molecule has 1 aromatic carbocycles. The van der Waals surface area contributed by atoms with Gasteiger partial charge in [0, 0.05) is 42.6 Å². The van der Waals surface area contributed by atoms with Crippen molar-refractivity contribution in [2.75, 3.05) is 24.5 Å². The van der Waals surface area contributed by atoms with Crippen molar-refractivity contribution >= 4 is 28.3 Å². The summed E-state index contributed by atoms with van der Waals surface area (Å²) in [6.45, 7) is 0.998. The maximum atomic E-state index is 12.8. The molecule has 0 unspecified atom stereocenters. The molecule has 4 rings (SSSR count). The van der Waals surface area contributed by atoms with Crippen LogP contribution in [0.1, 0.15) is 10.4 Å². The molecule has 0 aliphatic carbocycles. The summed E-state index contributed by atoms with van der Waals surface area (Å²) in [7, 11) is 0. The highest BCUT2D eigenvalue weighted by atomic mass is 32.1. The Morgan fingerprint density at radius 1 is 1.16 bits per heavy atom. The highest BCUT2D eigenvalue weighted by Gasteiger charge is 2.29. The van der Waals surface area contributed by atoms with Crippen LogP contribution in [0.4, 0.5) is 5.13 Å². The molecule has 1 aliphatic heterocycles. The molecule has 1 aliphatic rings. The van der Waals surface area contributed by atoms with Crippen LogP contribution in [0.5, 0.6) is 0 Å². The lowest BCUT2D eigenvalue weighted by atomic mass is 10.1. The number of hydrogen-bond acceptors (Lipinski definition) is 5. The summed E-state index contributed by atoms with van der Waals surface area (Å²) in [5, 5.41) is 6.69. The number of amides is 2. The smallest absolute Gasteiger partial charge is 0.254 e. The molecule has 8 heteroatoms. The molecule has 0 radical (unpaired) electrons. The SMILES string of the molecule is O=C(c1cccc(-n2cccn2)c1)N1CCN(c2nccs2)C(=O)C1. The van der Waals surface area contributed by atoms with Gasteiger partial charge in [0.15, 0.2) is 5.13 Å². The molecule has 0 bridgehead atoms. The van der Waals surface area contributed by atoms with Crippen molar-refractivity contribution in [3.05, 3.63) is 59.9 Å². The molecule has 2 aromatic heterocycles. The fourth-order valence-corrected chi connectivity index (χ4v) is 3.47. The third-order valence-electron chi connectivity index (χ3n) is 4.02. The van der Waals surface area contributed by atoms with Gasteiger partial charge in [-0.1, -0.05) is 6.07 Å². The largest absolute Gasteiger partial charge is 0.328 e. The zero-order chi connectivity index (χ0) is 17.2. The van der Waals surface area contributed by atoms with Crippen LogP contribution in [-0.4, -0.2) is 51.1 Å². The van der Waals surface area contributed by atoms with Crippen molar-refractivity contribution in [3.63, 3.8) is 0 Å². The van der Waals surface area contributed by atoms with Gasteiger partial charge in [0.05, 0.1) is 5.69 Å². The lowest BCUT2D eigenvalue weighted by Gasteiger charge is -2.32.